The van der Waals surface area contributed by atoms with Gasteiger partial charge in [-0.3, -0.25) is 0 Å². The van der Waals surface area contributed by atoms with E-state index in [1.54, 1.807) is 0 Å². The smallest absolute Gasteiger partial charge is 0.0454 e. The highest BCUT2D eigenvalue weighted by atomic mass is 15.0. The van der Waals surface area contributed by atoms with Crippen molar-refractivity contribution < 1.29 is 0 Å². The third-order valence-corrected chi connectivity index (χ3v) is 2.96. The average Bonchev–Trinajstić information content (AvgIpc) is 2.22. The van der Waals surface area contributed by atoms with Gasteiger partial charge in [0.05, 0.1) is 0 Å². The largest absolute Gasteiger partial charge is 0.304 e. The van der Waals surface area contributed by atoms with Gasteiger partial charge in [0.1, 0.15) is 0 Å². The molecule has 0 unspecified atom stereocenters. The molecule has 1 rings (SSSR count). The van der Waals surface area contributed by atoms with E-state index in [9.17, 15) is 0 Å². The van der Waals surface area contributed by atoms with Crippen LogP contribution in [0.4, 0.5) is 0 Å². The fraction of sp³-hybridized carbons (Fsp3) is 1.00. The molecule has 0 aliphatic carbocycles. The molecule has 1 aliphatic rings. The summed E-state index contributed by atoms with van der Waals surface area (Å²) in [4.78, 5) is 0. The van der Waals surface area contributed by atoms with Gasteiger partial charge in [-0.05, 0) is 25.9 Å². The molecule has 0 radical (unpaired) electrons. The van der Waals surface area contributed by atoms with Gasteiger partial charge < -0.3 is 10.6 Å². The minimum atomic E-state index is 1.00. The van der Waals surface area contributed by atoms with Gasteiger partial charge >= 0.3 is 0 Å². The van der Waals surface area contributed by atoms with E-state index in [-0.39, 0.29) is 0 Å². The maximum Gasteiger partial charge on any atom is 0.0454 e. The second-order valence-corrected chi connectivity index (χ2v) is 4.36. The molecule has 0 saturated carbocycles. The quantitative estimate of drug-likeness (QED) is 0.625. The van der Waals surface area contributed by atoms with Crippen LogP contribution in [0.1, 0.15) is 57.8 Å². The molecule has 1 heterocycles. The molecule has 0 aromatic rings. The summed E-state index contributed by atoms with van der Waals surface area (Å²) >= 11 is 0. The van der Waals surface area contributed by atoms with Crippen molar-refractivity contribution in [1.29, 1.82) is 0 Å². The summed E-state index contributed by atoms with van der Waals surface area (Å²) in [6, 6.07) is 0. The van der Waals surface area contributed by atoms with Crippen LogP contribution >= 0.6 is 0 Å². The van der Waals surface area contributed by atoms with E-state index in [0.717, 1.165) is 6.67 Å². The van der Waals surface area contributed by atoms with Crippen LogP contribution < -0.4 is 10.6 Å². The Bertz CT molecular complexity index is 61.6. The molecule has 0 bridgehead atoms. The zero-order valence-corrected chi connectivity index (χ0v) is 9.49. The molecule has 84 valence electrons. The molecule has 2 N–H and O–H groups in total. The second kappa shape index (κ2) is 9.47. The average molecular weight is 198 g/mol. The van der Waals surface area contributed by atoms with Crippen molar-refractivity contribution in [1.82, 2.24) is 10.6 Å². The van der Waals surface area contributed by atoms with Crippen molar-refractivity contribution in [2.24, 2.45) is 0 Å². The zero-order valence-electron chi connectivity index (χ0n) is 9.49. The molecule has 0 amide bonds. The summed E-state index contributed by atoms with van der Waals surface area (Å²) in [6.45, 7) is 3.38. The van der Waals surface area contributed by atoms with Gasteiger partial charge in [0.15, 0.2) is 0 Å². The predicted molar refractivity (Wildman–Crippen MR) is 62.4 cm³/mol. The minimum absolute atomic E-state index is 1.00. The molecule has 0 aromatic heterocycles. The van der Waals surface area contributed by atoms with E-state index in [1.807, 2.05) is 0 Å². The summed E-state index contributed by atoms with van der Waals surface area (Å²) in [7, 11) is 0. The van der Waals surface area contributed by atoms with Gasteiger partial charge in [0.25, 0.3) is 0 Å². The lowest BCUT2D eigenvalue weighted by Crippen LogP contribution is -2.30. The fourth-order valence-corrected chi connectivity index (χ4v) is 2.00. The third kappa shape index (κ3) is 7.34. The van der Waals surface area contributed by atoms with Crippen LogP contribution in [0.3, 0.4) is 0 Å². The summed E-state index contributed by atoms with van der Waals surface area (Å²) in [5, 5.41) is 6.86. The Kier molecular flexibility index (Phi) is 8.12. The first-order valence-electron chi connectivity index (χ1n) is 6.41. The Labute approximate surface area is 88.8 Å². The SMILES string of the molecule is C1CCCCCNCNCCCCC1. The molecule has 0 atom stereocenters. The van der Waals surface area contributed by atoms with Crippen LogP contribution in [0.25, 0.3) is 0 Å². The van der Waals surface area contributed by atoms with Gasteiger partial charge in [-0.1, -0.05) is 44.9 Å². The maximum absolute atomic E-state index is 3.43. The third-order valence-electron chi connectivity index (χ3n) is 2.96. The Morgan fingerprint density at radius 2 is 0.786 bits per heavy atom. The van der Waals surface area contributed by atoms with E-state index in [1.165, 1.54) is 70.9 Å². The van der Waals surface area contributed by atoms with Crippen LogP contribution in [0.15, 0.2) is 0 Å². The van der Waals surface area contributed by atoms with Crippen molar-refractivity contribution in [2.45, 2.75) is 57.8 Å². The lowest BCUT2D eigenvalue weighted by atomic mass is 10.1. The normalized spacial score (nSPS) is 24.0. The molecule has 1 fully saturated rings. The van der Waals surface area contributed by atoms with E-state index >= 15 is 0 Å². The summed E-state index contributed by atoms with van der Waals surface area (Å²) in [6.07, 6.45) is 12.8. The van der Waals surface area contributed by atoms with Gasteiger partial charge in [-0.2, -0.15) is 0 Å². The summed E-state index contributed by atoms with van der Waals surface area (Å²) in [5.74, 6) is 0. The molecular formula is C12H26N2. The first kappa shape index (κ1) is 12.0. The molecule has 14 heavy (non-hydrogen) atoms. The first-order valence-corrected chi connectivity index (χ1v) is 6.41. The second-order valence-electron chi connectivity index (χ2n) is 4.36. The van der Waals surface area contributed by atoms with Crippen molar-refractivity contribution in [3.05, 3.63) is 0 Å². The highest BCUT2D eigenvalue weighted by Crippen LogP contribution is 2.09. The minimum Gasteiger partial charge on any atom is -0.304 e. The highest BCUT2D eigenvalue weighted by Gasteiger charge is 1.94. The summed E-state index contributed by atoms with van der Waals surface area (Å²) < 4.78 is 0. The zero-order chi connectivity index (χ0) is 9.90. The molecular weight excluding hydrogens is 172 g/mol. The molecule has 0 aromatic carbocycles. The lowest BCUT2D eigenvalue weighted by Gasteiger charge is -2.08. The van der Waals surface area contributed by atoms with Crippen LogP contribution in [0.5, 0.6) is 0 Å². The van der Waals surface area contributed by atoms with Crippen molar-refractivity contribution >= 4 is 0 Å². The molecule has 0 spiro atoms. The Morgan fingerprint density at radius 1 is 0.429 bits per heavy atom. The Balaban J connectivity index is 2.00. The van der Waals surface area contributed by atoms with Crippen LogP contribution in [-0.2, 0) is 0 Å². The van der Waals surface area contributed by atoms with Crippen LogP contribution in [-0.4, -0.2) is 19.8 Å². The van der Waals surface area contributed by atoms with Gasteiger partial charge in [0, 0.05) is 6.67 Å². The molecule has 1 aliphatic heterocycles. The first-order chi connectivity index (χ1) is 7.00. The van der Waals surface area contributed by atoms with Crippen molar-refractivity contribution in [3.8, 4) is 0 Å². The fourth-order valence-electron chi connectivity index (χ4n) is 2.00. The molecule has 2 nitrogen and oxygen atoms in total. The number of rotatable bonds is 0. The topological polar surface area (TPSA) is 24.1 Å². The standard InChI is InChI=1S/C12H26N2/c1-2-4-6-8-10-13-12-14-11-9-7-5-3-1/h13-14H,1-12H2. The molecule has 2 heteroatoms. The Hall–Kier alpha value is -0.0800. The number of hydrogen-bond donors (Lipinski definition) is 2. The van der Waals surface area contributed by atoms with Crippen LogP contribution in [0, 0.1) is 0 Å². The Morgan fingerprint density at radius 3 is 1.21 bits per heavy atom. The van der Waals surface area contributed by atoms with E-state index in [0.29, 0.717) is 0 Å². The predicted octanol–water partition coefficient (Wildman–Crippen LogP) is 2.65. The van der Waals surface area contributed by atoms with Crippen molar-refractivity contribution in [2.75, 3.05) is 19.8 Å². The number of hydrogen-bond acceptors (Lipinski definition) is 2. The van der Waals surface area contributed by atoms with Crippen molar-refractivity contribution in [3.63, 3.8) is 0 Å². The monoisotopic (exact) mass is 198 g/mol. The molecule has 1 saturated heterocycles. The summed E-state index contributed by atoms with van der Waals surface area (Å²) in [5.41, 5.74) is 0. The number of nitrogens with one attached hydrogen (secondary N) is 2. The maximum atomic E-state index is 3.43. The van der Waals surface area contributed by atoms with E-state index < -0.39 is 0 Å². The van der Waals surface area contributed by atoms with Gasteiger partial charge in [-0.25, -0.2) is 0 Å². The lowest BCUT2D eigenvalue weighted by molar-refractivity contribution is 0.500. The van der Waals surface area contributed by atoms with E-state index in [4.69, 9.17) is 0 Å². The highest BCUT2D eigenvalue weighted by molar-refractivity contribution is 4.53. The van der Waals surface area contributed by atoms with Gasteiger partial charge in [-0.15, -0.1) is 0 Å². The van der Waals surface area contributed by atoms with E-state index in [2.05, 4.69) is 10.6 Å². The van der Waals surface area contributed by atoms with Gasteiger partial charge in [0.2, 0.25) is 0 Å². The van der Waals surface area contributed by atoms with Crippen LogP contribution in [0.2, 0.25) is 0 Å².